The van der Waals surface area contributed by atoms with Gasteiger partial charge in [-0.1, -0.05) is 6.07 Å². The van der Waals surface area contributed by atoms with Gasteiger partial charge in [0.25, 0.3) is 5.91 Å². The number of hydrogen-bond acceptors (Lipinski definition) is 3. The van der Waals surface area contributed by atoms with Crippen molar-refractivity contribution in [1.29, 1.82) is 0 Å². The van der Waals surface area contributed by atoms with E-state index in [1.807, 2.05) is 43.9 Å². The van der Waals surface area contributed by atoms with Crippen LogP contribution in [0.4, 0.5) is 0 Å². The molecule has 0 atom stereocenters. The quantitative estimate of drug-likeness (QED) is 0.823. The van der Waals surface area contributed by atoms with Gasteiger partial charge in [-0.2, -0.15) is 0 Å². The van der Waals surface area contributed by atoms with E-state index in [1.54, 1.807) is 12.4 Å². The van der Waals surface area contributed by atoms with Crippen LogP contribution in [0.15, 0.2) is 34.4 Å². The lowest BCUT2D eigenvalue weighted by Crippen LogP contribution is -2.36. The van der Waals surface area contributed by atoms with Crippen molar-refractivity contribution >= 4 is 33.2 Å². The maximum absolute atomic E-state index is 12.7. The summed E-state index contributed by atoms with van der Waals surface area (Å²) < 4.78 is 1.02. The Morgan fingerprint density at radius 3 is 2.75 bits per heavy atom. The Morgan fingerprint density at radius 1 is 1.50 bits per heavy atom. The summed E-state index contributed by atoms with van der Waals surface area (Å²) in [6.07, 6.45) is 3.54. The highest BCUT2D eigenvalue weighted by molar-refractivity contribution is 9.11. The van der Waals surface area contributed by atoms with E-state index in [2.05, 4.69) is 20.9 Å². The summed E-state index contributed by atoms with van der Waals surface area (Å²) in [4.78, 5) is 19.4. The maximum atomic E-state index is 12.7. The molecule has 0 bridgehead atoms. The number of halogens is 1. The van der Waals surface area contributed by atoms with E-state index in [0.29, 0.717) is 6.54 Å². The van der Waals surface area contributed by atoms with Gasteiger partial charge in [0.2, 0.25) is 0 Å². The molecule has 3 nitrogen and oxygen atoms in total. The molecule has 0 unspecified atom stereocenters. The Bertz CT molecular complexity index is 576. The summed E-state index contributed by atoms with van der Waals surface area (Å²) in [6.45, 7) is 6.64. The molecule has 2 aromatic heterocycles. The Balaban J connectivity index is 2.22. The number of pyridine rings is 1. The molecule has 0 aliphatic heterocycles. The third-order valence-corrected chi connectivity index (χ3v) is 5.15. The molecular formula is C15H17BrN2OS. The molecule has 0 saturated heterocycles. The second-order valence-corrected chi connectivity index (χ2v) is 7.33. The van der Waals surface area contributed by atoms with Gasteiger partial charge >= 0.3 is 0 Å². The fraction of sp³-hybridized carbons (Fsp3) is 0.333. The first kappa shape index (κ1) is 15.2. The highest BCUT2D eigenvalue weighted by Crippen LogP contribution is 2.29. The van der Waals surface area contributed by atoms with Crippen LogP contribution in [0.25, 0.3) is 0 Å². The number of rotatable bonds is 4. The van der Waals surface area contributed by atoms with E-state index < -0.39 is 0 Å². The fourth-order valence-electron chi connectivity index (χ4n) is 1.88. The summed E-state index contributed by atoms with van der Waals surface area (Å²) in [5, 5.41) is 0. The zero-order chi connectivity index (χ0) is 14.7. The molecule has 20 heavy (non-hydrogen) atoms. The van der Waals surface area contributed by atoms with Gasteiger partial charge < -0.3 is 4.90 Å². The van der Waals surface area contributed by atoms with E-state index in [-0.39, 0.29) is 11.9 Å². The van der Waals surface area contributed by atoms with Gasteiger partial charge in [-0.3, -0.25) is 9.78 Å². The van der Waals surface area contributed by atoms with Crippen molar-refractivity contribution in [1.82, 2.24) is 9.88 Å². The van der Waals surface area contributed by atoms with Crippen LogP contribution >= 0.6 is 27.3 Å². The van der Waals surface area contributed by atoms with Crippen LogP contribution in [0.3, 0.4) is 0 Å². The zero-order valence-electron chi connectivity index (χ0n) is 11.8. The predicted octanol–water partition coefficient (Wildman–Crippen LogP) is 4.26. The second-order valence-electron chi connectivity index (χ2n) is 4.96. The normalized spacial score (nSPS) is 10.8. The number of thiophene rings is 1. The first-order chi connectivity index (χ1) is 9.49. The minimum atomic E-state index is 0.0719. The van der Waals surface area contributed by atoms with Crippen LogP contribution < -0.4 is 0 Å². The standard InChI is InChI=1S/C15H17BrN2OS/c1-10(2)18(9-12-5-4-6-17-8-12)15(19)13-7-11(3)14(16)20-13/h4-8,10H,9H2,1-3H3. The predicted molar refractivity (Wildman–Crippen MR) is 86.0 cm³/mol. The van der Waals surface area contributed by atoms with Gasteiger partial charge in [0.15, 0.2) is 0 Å². The molecule has 0 radical (unpaired) electrons. The van der Waals surface area contributed by atoms with Gasteiger partial charge in [0, 0.05) is 25.0 Å². The van der Waals surface area contributed by atoms with Crippen molar-refractivity contribution in [3.05, 3.63) is 50.4 Å². The van der Waals surface area contributed by atoms with Crippen LogP contribution in [0, 0.1) is 6.92 Å². The van der Waals surface area contributed by atoms with E-state index in [9.17, 15) is 4.79 Å². The highest BCUT2D eigenvalue weighted by atomic mass is 79.9. The van der Waals surface area contributed by atoms with Crippen molar-refractivity contribution in [2.24, 2.45) is 0 Å². The number of aryl methyl sites for hydroxylation is 1. The second kappa shape index (κ2) is 6.50. The van der Waals surface area contributed by atoms with Gasteiger partial charge in [0.1, 0.15) is 0 Å². The number of hydrogen-bond donors (Lipinski definition) is 0. The Hall–Kier alpha value is -1.20. The first-order valence-electron chi connectivity index (χ1n) is 6.45. The average Bonchev–Trinajstić information content (AvgIpc) is 2.76. The molecule has 106 valence electrons. The lowest BCUT2D eigenvalue weighted by molar-refractivity contribution is 0.0695. The molecule has 0 aliphatic carbocycles. The van der Waals surface area contributed by atoms with Crippen molar-refractivity contribution < 1.29 is 4.79 Å². The van der Waals surface area contributed by atoms with E-state index >= 15 is 0 Å². The summed E-state index contributed by atoms with van der Waals surface area (Å²) in [5.41, 5.74) is 2.14. The number of amides is 1. The van der Waals surface area contributed by atoms with E-state index in [4.69, 9.17) is 0 Å². The van der Waals surface area contributed by atoms with Gasteiger partial charge in [0.05, 0.1) is 8.66 Å². The van der Waals surface area contributed by atoms with Crippen LogP contribution in [-0.2, 0) is 6.54 Å². The number of carbonyl (C=O) groups excluding carboxylic acids is 1. The summed E-state index contributed by atoms with van der Waals surface area (Å²) in [6, 6.07) is 5.97. The Morgan fingerprint density at radius 2 is 2.25 bits per heavy atom. The zero-order valence-corrected chi connectivity index (χ0v) is 14.2. The molecule has 0 fully saturated rings. The molecule has 2 rings (SSSR count). The van der Waals surface area contributed by atoms with E-state index in [1.165, 1.54) is 11.3 Å². The van der Waals surface area contributed by atoms with Gasteiger partial charge in [-0.15, -0.1) is 11.3 Å². The molecule has 2 heterocycles. The summed E-state index contributed by atoms with van der Waals surface area (Å²) >= 11 is 4.96. The monoisotopic (exact) mass is 352 g/mol. The van der Waals surface area contributed by atoms with Crippen LogP contribution in [0.1, 0.15) is 34.6 Å². The maximum Gasteiger partial charge on any atom is 0.264 e. The lowest BCUT2D eigenvalue weighted by atomic mass is 10.2. The molecule has 0 aliphatic rings. The minimum Gasteiger partial charge on any atom is -0.331 e. The third kappa shape index (κ3) is 3.46. The Kier molecular flexibility index (Phi) is 4.94. The van der Waals surface area contributed by atoms with Crippen LogP contribution in [-0.4, -0.2) is 21.8 Å². The molecule has 2 aromatic rings. The molecule has 0 N–H and O–H groups in total. The number of aromatic nitrogens is 1. The first-order valence-corrected chi connectivity index (χ1v) is 8.05. The summed E-state index contributed by atoms with van der Waals surface area (Å²) in [7, 11) is 0. The van der Waals surface area contributed by atoms with Gasteiger partial charge in [-0.05, 0) is 60.0 Å². The molecular weight excluding hydrogens is 336 g/mol. The number of carbonyl (C=O) groups is 1. The van der Waals surface area contributed by atoms with Crippen LogP contribution in [0.5, 0.6) is 0 Å². The molecule has 5 heteroatoms. The van der Waals surface area contributed by atoms with Crippen LogP contribution in [0.2, 0.25) is 0 Å². The molecule has 0 aromatic carbocycles. The minimum absolute atomic E-state index is 0.0719. The van der Waals surface area contributed by atoms with E-state index in [0.717, 1.165) is 19.8 Å². The average molecular weight is 353 g/mol. The SMILES string of the molecule is Cc1cc(C(=O)N(Cc2cccnc2)C(C)C)sc1Br. The molecule has 0 spiro atoms. The molecule has 0 saturated carbocycles. The smallest absolute Gasteiger partial charge is 0.264 e. The topological polar surface area (TPSA) is 33.2 Å². The van der Waals surface area contributed by atoms with Crippen molar-refractivity contribution in [3.63, 3.8) is 0 Å². The Labute approximate surface area is 131 Å². The summed E-state index contributed by atoms with van der Waals surface area (Å²) in [5.74, 6) is 0.0719. The van der Waals surface area contributed by atoms with Crippen molar-refractivity contribution in [3.8, 4) is 0 Å². The number of nitrogens with zero attached hydrogens (tertiary/aromatic N) is 2. The fourth-order valence-corrected chi connectivity index (χ4v) is 3.37. The lowest BCUT2D eigenvalue weighted by Gasteiger charge is -2.26. The van der Waals surface area contributed by atoms with Crippen molar-refractivity contribution in [2.45, 2.75) is 33.4 Å². The van der Waals surface area contributed by atoms with Crippen molar-refractivity contribution in [2.75, 3.05) is 0 Å². The third-order valence-electron chi connectivity index (χ3n) is 3.03. The largest absolute Gasteiger partial charge is 0.331 e. The highest BCUT2D eigenvalue weighted by Gasteiger charge is 2.21. The molecule has 1 amide bonds. The van der Waals surface area contributed by atoms with Gasteiger partial charge in [-0.25, -0.2) is 0 Å².